The first kappa shape index (κ1) is 26.3. The fourth-order valence-corrected chi connectivity index (χ4v) is 5.63. The summed E-state index contributed by atoms with van der Waals surface area (Å²) in [6, 6.07) is 6.06. The first-order chi connectivity index (χ1) is 17.2. The van der Waals surface area contributed by atoms with Crippen LogP contribution in [0, 0.1) is 11.2 Å². The summed E-state index contributed by atoms with van der Waals surface area (Å²) < 4.78 is 29.2. The van der Waals surface area contributed by atoms with Gasteiger partial charge in [0.15, 0.2) is 17.5 Å². The summed E-state index contributed by atoms with van der Waals surface area (Å²) in [5.74, 6) is 0.299. The lowest BCUT2D eigenvalue weighted by atomic mass is 9.77. The monoisotopic (exact) mass is 513 g/mol. The van der Waals surface area contributed by atoms with E-state index in [1.54, 1.807) is 30.8 Å². The Bertz CT molecular complexity index is 1200. The molecule has 0 bridgehead atoms. The lowest BCUT2D eigenvalue weighted by Crippen LogP contribution is -2.42. The number of aromatic nitrogens is 4. The molecule has 1 aliphatic rings. The van der Waals surface area contributed by atoms with Crippen LogP contribution in [0.5, 0.6) is 5.75 Å². The zero-order valence-corrected chi connectivity index (χ0v) is 22.0. The third-order valence-electron chi connectivity index (χ3n) is 7.21. The van der Waals surface area contributed by atoms with E-state index < -0.39 is 12.0 Å². The summed E-state index contributed by atoms with van der Waals surface area (Å²) in [7, 11) is 1.85. The van der Waals surface area contributed by atoms with Crippen molar-refractivity contribution in [3.05, 3.63) is 42.5 Å². The van der Waals surface area contributed by atoms with E-state index in [0.29, 0.717) is 34.0 Å². The standard InChI is InChI=1S/C27H33F2N5OS/c1-5-10-27(2)11-6-7-20(28)22(14-27)34(3)24-16-30-25(33-32-24)19-9-8-17(13-23(19)35)18-12-21(29)26(36-4)31-15-18/h8-9,12-13,15-16,20,22,35H,5-7,10-11,14H2,1-4H3/t20-,22+,27+/m0/s1. The highest BCUT2D eigenvalue weighted by Gasteiger charge is 2.37. The molecule has 6 nitrogen and oxygen atoms in total. The molecule has 0 saturated heterocycles. The third kappa shape index (κ3) is 5.61. The Morgan fingerprint density at radius 1 is 1.17 bits per heavy atom. The molecule has 2 heterocycles. The Kier molecular flexibility index (Phi) is 8.07. The van der Waals surface area contributed by atoms with E-state index in [1.165, 1.54) is 23.9 Å². The Morgan fingerprint density at radius 3 is 2.61 bits per heavy atom. The van der Waals surface area contributed by atoms with Gasteiger partial charge < -0.3 is 10.0 Å². The van der Waals surface area contributed by atoms with Crippen LogP contribution >= 0.6 is 11.8 Å². The number of pyridine rings is 1. The first-order valence-electron chi connectivity index (χ1n) is 12.3. The number of nitrogens with zero attached hydrogens (tertiary/aromatic N) is 5. The van der Waals surface area contributed by atoms with E-state index in [0.717, 1.165) is 32.1 Å². The Balaban J connectivity index is 1.54. The minimum absolute atomic E-state index is 0.0484. The number of phenols is 1. The summed E-state index contributed by atoms with van der Waals surface area (Å²) in [5, 5.41) is 19.5. The molecule has 1 aliphatic carbocycles. The van der Waals surface area contributed by atoms with Gasteiger partial charge in [-0.25, -0.2) is 18.7 Å². The molecule has 36 heavy (non-hydrogen) atoms. The van der Waals surface area contributed by atoms with Crippen LogP contribution in [-0.2, 0) is 0 Å². The predicted molar refractivity (Wildman–Crippen MR) is 140 cm³/mol. The number of anilines is 1. The molecule has 1 saturated carbocycles. The molecule has 192 valence electrons. The molecule has 3 aromatic rings. The van der Waals surface area contributed by atoms with Crippen molar-refractivity contribution < 1.29 is 13.9 Å². The topological polar surface area (TPSA) is 75.0 Å². The highest BCUT2D eigenvalue weighted by atomic mass is 32.2. The third-order valence-corrected chi connectivity index (χ3v) is 7.90. The van der Waals surface area contributed by atoms with Crippen LogP contribution in [0.15, 0.2) is 41.7 Å². The fourth-order valence-electron chi connectivity index (χ4n) is 5.22. The van der Waals surface area contributed by atoms with Gasteiger partial charge in [-0.15, -0.1) is 22.0 Å². The highest BCUT2D eigenvalue weighted by molar-refractivity contribution is 7.98. The van der Waals surface area contributed by atoms with Gasteiger partial charge in [0.2, 0.25) is 0 Å². The van der Waals surface area contributed by atoms with E-state index in [2.05, 4.69) is 34.0 Å². The molecule has 0 radical (unpaired) electrons. The van der Waals surface area contributed by atoms with Crippen LogP contribution in [0.4, 0.5) is 14.6 Å². The highest BCUT2D eigenvalue weighted by Crippen LogP contribution is 2.41. The molecule has 4 rings (SSSR count). The van der Waals surface area contributed by atoms with Crippen molar-refractivity contribution in [2.45, 2.75) is 69.6 Å². The zero-order valence-electron chi connectivity index (χ0n) is 21.2. The molecule has 1 aromatic carbocycles. The predicted octanol–water partition coefficient (Wildman–Crippen LogP) is 6.69. The van der Waals surface area contributed by atoms with Crippen molar-refractivity contribution in [1.29, 1.82) is 0 Å². The van der Waals surface area contributed by atoms with Gasteiger partial charge in [0, 0.05) is 18.8 Å². The van der Waals surface area contributed by atoms with Crippen LogP contribution in [0.3, 0.4) is 0 Å². The summed E-state index contributed by atoms with van der Waals surface area (Å²) in [6.45, 7) is 4.44. The van der Waals surface area contributed by atoms with Crippen molar-refractivity contribution in [2.75, 3.05) is 18.2 Å². The normalized spacial score (nSPS) is 22.3. The second kappa shape index (κ2) is 11.1. The molecule has 0 aliphatic heterocycles. The number of hydrogen-bond donors (Lipinski definition) is 1. The number of hydrogen-bond acceptors (Lipinski definition) is 7. The maximum atomic E-state index is 15.1. The minimum Gasteiger partial charge on any atom is -0.507 e. The van der Waals surface area contributed by atoms with Gasteiger partial charge in [-0.2, -0.15) is 0 Å². The van der Waals surface area contributed by atoms with E-state index in [4.69, 9.17) is 0 Å². The van der Waals surface area contributed by atoms with Crippen LogP contribution < -0.4 is 4.90 Å². The number of thioether (sulfide) groups is 1. The average Bonchev–Trinajstić information content (AvgIpc) is 3.01. The van der Waals surface area contributed by atoms with Crippen molar-refractivity contribution in [1.82, 2.24) is 20.2 Å². The number of alkyl halides is 1. The summed E-state index contributed by atoms with van der Waals surface area (Å²) in [5.41, 5.74) is 1.69. The van der Waals surface area contributed by atoms with Gasteiger partial charge in [-0.3, -0.25) is 0 Å². The Hall–Kier alpha value is -2.81. The van der Waals surface area contributed by atoms with E-state index in [-0.39, 0.29) is 23.0 Å². The van der Waals surface area contributed by atoms with Crippen LogP contribution in [0.2, 0.25) is 0 Å². The second-order valence-corrected chi connectivity index (χ2v) is 10.7. The second-order valence-electron chi connectivity index (χ2n) is 9.94. The van der Waals surface area contributed by atoms with E-state index in [9.17, 15) is 9.50 Å². The molecule has 0 spiro atoms. The number of aromatic hydroxyl groups is 1. The van der Waals surface area contributed by atoms with Crippen LogP contribution in [0.25, 0.3) is 22.5 Å². The van der Waals surface area contributed by atoms with Crippen molar-refractivity contribution in [2.24, 2.45) is 5.41 Å². The quantitative estimate of drug-likeness (QED) is 0.279. The molecule has 0 amide bonds. The number of rotatable bonds is 7. The lowest BCUT2D eigenvalue weighted by molar-refractivity contribution is 0.207. The Labute approximate surface area is 215 Å². The molecule has 0 unspecified atom stereocenters. The summed E-state index contributed by atoms with van der Waals surface area (Å²) >= 11 is 1.23. The first-order valence-corrected chi connectivity index (χ1v) is 13.6. The van der Waals surface area contributed by atoms with Crippen molar-refractivity contribution in [3.63, 3.8) is 0 Å². The number of phenolic OH excluding ortho intramolecular Hbond substituents is 1. The fraction of sp³-hybridized carbons (Fsp3) is 0.481. The van der Waals surface area contributed by atoms with Gasteiger partial charge in [0.1, 0.15) is 16.9 Å². The molecule has 1 N–H and O–H groups in total. The number of benzene rings is 1. The van der Waals surface area contributed by atoms with Gasteiger partial charge in [0.25, 0.3) is 0 Å². The SMILES string of the molecule is CCC[C@]1(C)CCC[C@H](F)[C@H](N(C)c2cnc(-c3ccc(-c4cnc(SC)c(F)c4)cc3O)nn2)C1. The Morgan fingerprint density at radius 2 is 1.97 bits per heavy atom. The molecule has 2 aromatic heterocycles. The molecule has 9 heteroatoms. The number of halogens is 2. The van der Waals surface area contributed by atoms with E-state index >= 15 is 4.39 Å². The van der Waals surface area contributed by atoms with Crippen LogP contribution in [-0.4, -0.2) is 50.8 Å². The maximum Gasteiger partial charge on any atom is 0.185 e. The zero-order chi connectivity index (χ0) is 25.9. The van der Waals surface area contributed by atoms with Gasteiger partial charge in [-0.1, -0.05) is 26.3 Å². The minimum atomic E-state index is -0.934. The maximum absolute atomic E-state index is 15.1. The molecular formula is C27H33F2N5OS. The lowest BCUT2D eigenvalue weighted by Gasteiger charge is -2.36. The molecular weight excluding hydrogens is 480 g/mol. The van der Waals surface area contributed by atoms with Gasteiger partial charge >= 0.3 is 0 Å². The largest absolute Gasteiger partial charge is 0.507 e. The average molecular weight is 514 g/mol. The van der Waals surface area contributed by atoms with Gasteiger partial charge in [-0.05, 0) is 67.5 Å². The van der Waals surface area contributed by atoms with Crippen molar-refractivity contribution in [3.8, 4) is 28.3 Å². The van der Waals surface area contributed by atoms with Gasteiger partial charge in [0.05, 0.1) is 17.8 Å². The smallest absolute Gasteiger partial charge is 0.185 e. The molecule has 1 fully saturated rings. The van der Waals surface area contributed by atoms with Crippen LogP contribution in [0.1, 0.15) is 52.4 Å². The summed E-state index contributed by atoms with van der Waals surface area (Å²) in [4.78, 5) is 10.4. The molecule has 3 atom stereocenters. The summed E-state index contributed by atoms with van der Waals surface area (Å²) in [6.07, 6.45) is 9.37. The van der Waals surface area contributed by atoms with E-state index in [1.807, 2.05) is 11.9 Å². The van der Waals surface area contributed by atoms with Crippen molar-refractivity contribution >= 4 is 17.6 Å².